The first-order valence-electron chi connectivity index (χ1n) is 8.75. The summed E-state index contributed by atoms with van der Waals surface area (Å²) >= 11 is 1.39. The van der Waals surface area contributed by atoms with Crippen LogP contribution in [-0.2, 0) is 13.1 Å². The van der Waals surface area contributed by atoms with Crippen molar-refractivity contribution in [2.24, 2.45) is 5.92 Å². The number of rotatable bonds is 4. The van der Waals surface area contributed by atoms with Crippen molar-refractivity contribution >= 4 is 21.6 Å². The first-order valence-corrected chi connectivity index (χ1v) is 9.52. The third-order valence-corrected chi connectivity index (χ3v) is 6.06. The Balaban J connectivity index is 1.39. The van der Waals surface area contributed by atoms with Gasteiger partial charge < -0.3 is 0 Å². The SMILES string of the molecule is O=c1c2ccc(F)cc2sn1CC1CCN(Cc2ccccc2)CC1. The zero-order chi connectivity index (χ0) is 17.2. The number of likely N-dealkylation sites (tertiary alicyclic amines) is 1. The second-order valence-corrected chi connectivity index (χ2v) is 7.87. The van der Waals surface area contributed by atoms with E-state index < -0.39 is 0 Å². The van der Waals surface area contributed by atoms with E-state index in [1.165, 1.54) is 29.2 Å². The number of fused-ring (bicyclic) bond motifs is 1. The number of nitrogens with zero attached hydrogens (tertiary/aromatic N) is 2. The molecule has 1 aliphatic rings. The molecule has 0 atom stereocenters. The van der Waals surface area contributed by atoms with Crippen molar-refractivity contribution in [1.82, 2.24) is 8.86 Å². The predicted molar refractivity (Wildman–Crippen MR) is 100 cm³/mol. The Labute approximate surface area is 150 Å². The fraction of sp³-hybridized carbons (Fsp3) is 0.350. The summed E-state index contributed by atoms with van der Waals surface area (Å²) in [6.45, 7) is 3.87. The summed E-state index contributed by atoms with van der Waals surface area (Å²) in [5.74, 6) is 0.234. The molecule has 0 N–H and O–H groups in total. The van der Waals surface area contributed by atoms with E-state index in [0.717, 1.165) is 43.7 Å². The van der Waals surface area contributed by atoms with Crippen LogP contribution in [0.2, 0.25) is 0 Å². The summed E-state index contributed by atoms with van der Waals surface area (Å²) in [7, 11) is 0. The molecule has 0 unspecified atom stereocenters. The van der Waals surface area contributed by atoms with E-state index in [4.69, 9.17) is 0 Å². The van der Waals surface area contributed by atoms with Crippen LogP contribution in [0.3, 0.4) is 0 Å². The van der Waals surface area contributed by atoms with Crippen LogP contribution in [0.1, 0.15) is 18.4 Å². The molecular weight excluding hydrogens is 335 g/mol. The number of aromatic nitrogens is 1. The van der Waals surface area contributed by atoms with E-state index in [0.29, 0.717) is 11.3 Å². The summed E-state index contributed by atoms with van der Waals surface area (Å²) < 4.78 is 15.9. The smallest absolute Gasteiger partial charge is 0.268 e. The Bertz CT molecular complexity index is 910. The fourth-order valence-electron chi connectivity index (χ4n) is 3.57. The Morgan fingerprint density at radius 3 is 2.60 bits per heavy atom. The quantitative estimate of drug-likeness (QED) is 0.703. The highest BCUT2D eigenvalue weighted by Crippen LogP contribution is 2.23. The van der Waals surface area contributed by atoms with Crippen molar-refractivity contribution in [2.75, 3.05) is 13.1 Å². The second-order valence-electron chi connectivity index (χ2n) is 6.80. The van der Waals surface area contributed by atoms with Crippen LogP contribution in [0.25, 0.3) is 10.1 Å². The number of benzene rings is 2. The van der Waals surface area contributed by atoms with Crippen molar-refractivity contribution < 1.29 is 4.39 Å². The minimum absolute atomic E-state index is 0.0201. The van der Waals surface area contributed by atoms with Gasteiger partial charge in [0.15, 0.2) is 0 Å². The van der Waals surface area contributed by atoms with Crippen LogP contribution < -0.4 is 5.56 Å². The number of hydrogen-bond acceptors (Lipinski definition) is 3. The Kier molecular flexibility index (Phi) is 4.68. The molecule has 2 aromatic carbocycles. The summed E-state index contributed by atoms with van der Waals surface area (Å²) in [6.07, 6.45) is 2.20. The maximum Gasteiger partial charge on any atom is 0.268 e. The van der Waals surface area contributed by atoms with Crippen molar-refractivity contribution in [3.8, 4) is 0 Å². The topological polar surface area (TPSA) is 25.2 Å². The first kappa shape index (κ1) is 16.5. The van der Waals surface area contributed by atoms with Gasteiger partial charge in [-0.15, -0.1) is 0 Å². The number of hydrogen-bond donors (Lipinski definition) is 0. The van der Waals surface area contributed by atoms with E-state index in [1.54, 1.807) is 6.07 Å². The van der Waals surface area contributed by atoms with Gasteiger partial charge in [0.25, 0.3) is 5.56 Å². The third kappa shape index (κ3) is 3.67. The first-order chi connectivity index (χ1) is 12.2. The molecule has 25 heavy (non-hydrogen) atoms. The van der Waals surface area contributed by atoms with Gasteiger partial charge in [-0.3, -0.25) is 13.7 Å². The maximum atomic E-state index is 13.3. The van der Waals surface area contributed by atoms with Crippen molar-refractivity contribution in [3.63, 3.8) is 0 Å². The van der Waals surface area contributed by atoms with Gasteiger partial charge in [0.05, 0.1) is 10.1 Å². The van der Waals surface area contributed by atoms with Crippen LogP contribution in [0, 0.1) is 11.7 Å². The highest BCUT2D eigenvalue weighted by molar-refractivity contribution is 7.13. The van der Waals surface area contributed by atoms with Crippen LogP contribution >= 0.6 is 11.5 Å². The van der Waals surface area contributed by atoms with Gasteiger partial charge in [-0.25, -0.2) is 4.39 Å². The van der Waals surface area contributed by atoms with Crippen LogP contribution in [0.15, 0.2) is 53.3 Å². The molecule has 4 rings (SSSR count). The lowest BCUT2D eigenvalue weighted by molar-refractivity contribution is 0.168. The lowest BCUT2D eigenvalue weighted by atomic mass is 9.96. The van der Waals surface area contributed by atoms with Gasteiger partial charge in [-0.05, 0) is 55.6 Å². The molecule has 5 heteroatoms. The summed E-state index contributed by atoms with van der Waals surface area (Å²) in [6, 6.07) is 15.0. The highest BCUT2D eigenvalue weighted by atomic mass is 32.1. The molecule has 3 nitrogen and oxygen atoms in total. The zero-order valence-corrected chi connectivity index (χ0v) is 14.8. The summed E-state index contributed by atoms with van der Waals surface area (Å²) in [5.41, 5.74) is 1.37. The molecule has 1 aromatic heterocycles. The molecule has 0 amide bonds. The van der Waals surface area contributed by atoms with Crippen LogP contribution in [0.5, 0.6) is 0 Å². The summed E-state index contributed by atoms with van der Waals surface area (Å²) in [4.78, 5) is 14.9. The van der Waals surface area contributed by atoms with E-state index in [1.807, 2.05) is 10.0 Å². The predicted octanol–water partition coefficient (Wildman–Crippen LogP) is 4.11. The average molecular weight is 356 g/mol. The minimum Gasteiger partial charge on any atom is -0.299 e. The standard InChI is InChI=1S/C20H21FN2OS/c21-17-6-7-18-19(12-17)25-23(20(18)24)14-16-8-10-22(11-9-16)13-15-4-2-1-3-5-15/h1-7,12,16H,8-11,13-14H2. The molecule has 0 aliphatic carbocycles. The van der Waals surface area contributed by atoms with E-state index in [2.05, 4.69) is 29.2 Å². The molecule has 0 radical (unpaired) electrons. The van der Waals surface area contributed by atoms with Gasteiger partial charge in [-0.2, -0.15) is 0 Å². The van der Waals surface area contributed by atoms with E-state index in [9.17, 15) is 9.18 Å². The average Bonchev–Trinajstić information content (AvgIpc) is 2.92. The Hall–Kier alpha value is -1.98. The Morgan fingerprint density at radius 1 is 1.08 bits per heavy atom. The molecule has 0 spiro atoms. The third-order valence-electron chi connectivity index (χ3n) is 4.99. The van der Waals surface area contributed by atoms with Gasteiger partial charge in [0.2, 0.25) is 0 Å². The van der Waals surface area contributed by atoms with Crippen LogP contribution in [0.4, 0.5) is 4.39 Å². The fourth-order valence-corrected chi connectivity index (χ4v) is 4.69. The molecule has 2 heterocycles. The minimum atomic E-state index is -0.282. The summed E-state index contributed by atoms with van der Waals surface area (Å²) in [5, 5.41) is 0.632. The lowest BCUT2D eigenvalue weighted by Crippen LogP contribution is -2.35. The second kappa shape index (κ2) is 7.10. The lowest BCUT2D eigenvalue weighted by Gasteiger charge is -2.31. The van der Waals surface area contributed by atoms with Crippen LogP contribution in [-0.4, -0.2) is 21.9 Å². The molecule has 3 aromatic rings. The maximum absolute atomic E-state index is 13.3. The number of piperidine rings is 1. The molecule has 0 bridgehead atoms. The van der Waals surface area contributed by atoms with Gasteiger partial charge in [-0.1, -0.05) is 41.9 Å². The zero-order valence-electron chi connectivity index (χ0n) is 14.0. The normalized spacial score (nSPS) is 16.5. The molecule has 1 saturated heterocycles. The van der Waals surface area contributed by atoms with Crippen molar-refractivity contribution in [3.05, 3.63) is 70.3 Å². The Morgan fingerprint density at radius 2 is 1.84 bits per heavy atom. The molecule has 130 valence electrons. The van der Waals surface area contributed by atoms with Gasteiger partial charge >= 0.3 is 0 Å². The van der Waals surface area contributed by atoms with Gasteiger partial charge in [0, 0.05) is 13.1 Å². The highest BCUT2D eigenvalue weighted by Gasteiger charge is 2.21. The monoisotopic (exact) mass is 356 g/mol. The van der Waals surface area contributed by atoms with Gasteiger partial charge in [0.1, 0.15) is 5.82 Å². The molecular formula is C20H21FN2OS. The molecule has 0 saturated carbocycles. The molecule has 1 aliphatic heterocycles. The van der Waals surface area contributed by atoms with E-state index >= 15 is 0 Å². The largest absolute Gasteiger partial charge is 0.299 e. The van der Waals surface area contributed by atoms with E-state index in [-0.39, 0.29) is 11.4 Å². The van der Waals surface area contributed by atoms with Crippen molar-refractivity contribution in [2.45, 2.75) is 25.9 Å². The molecule has 1 fully saturated rings. The number of halogens is 1. The van der Waals surface area contributed by atoms with Crippen molar-refractivity contribution in [1.29, 1.82) is 0 Å².